The molecule has 35 heavy (non-hydrogen) atoms. The molecule has 2 N–H and O–H groups in total. The zero-order chi connectivity index (χ0) is 24.9. The van der Waals surface area contributed by atoms with E-state index in [9.17, 15) is 13.2 Å². The van der Waals surface area contributed by atoms with Crippen LogP contribution in [0.1, 0.15) is 22.3 Å². The van der Waals surface area contributed by atoms with Gasteiger partial charge in [-0.2, -0.15) is 0 Å². The molecule has 0 amide bonds. The number of nitrogens with zero attached hydrogens (tertiary/aromatic N) is 3. The van der Waals surface area contributed by atoms with Gasteiger partial charge >= 0.3 is 0 Å². The van der Waals surface area contributed by atoms with E-state index in [0.29, 0.717) is 11.3 Å². The Labute approximate surface area is 203 Å². The van der Waals surface area contributed by atoms with Crippen LogP contribution in [0, 0.1) is 20.8 Å². The van der Waals surface area contributed by atoms with E-state index in [0.717, 1.165) is 22.3 Å². The Hall–Kier alpha value is -4.04. The molecule has 0 aliphatic carbocycles. The van der Waals surface area contributed by atoms with Crippen molar-refractivity contribution in [1.82, 2.24) is 9.38 Å². The van der Waals surface area contributed by atoms with Gasteiger partial charge in [0.2, 0.25) is 21.3 Å². The SMILES string of the molecule is Cc1ccc(S(=O)(=O)c2cc3c(=O)n4cccc(C)c4nc3[n+](Cc3ccccc3)c2N)cc1C. The molecule has 3 aromatic heterocycles. The largest absolute Gasteiger partial charge is 0.317 e. The Morgan fingerprint density at radius 3 is 2.37 bits per heavy atom. The van der Waals surface area contributed by atoms with E-state index in [1.807, 2.05) is 57.2 Å². The standard InChI is InChI=1S/C27H24N4O3S/c1-17-11-12-21(14-19(17)3)35(33,34)23-15-22-26(29-25-18(2)8-7-13-30(25)27(22)32)31(24(23)28)16-20-9-5-4-6-10-20/h4-15,28H,16H2,1-3H3/p+1. The molecule has 0 saturated heterocycles. The normalized spacial score (nSPS) is 11.9. The van der Waals surface area contributed by atoms with Crippen LogP contribution < -0.4 is 15.9 Å². The van der Waals surface area contributed by atoms with E-state index >= 15 is 0 Å². The molecule has 0 atom stereocenters. The molecule has 176 valence electrons. The fraction of sp³-hybridized carbons (Fsp3) is 0.148. The second-order valence-electron chi connectivity index (χ2n) is 8.75. The highest BCUT2D eigenvalue weighted by Crippen LogP contribution is 2.28. The van der Waals surface area contributed by atoms with Gasteiger partial charge < -0.3 is 5.73 Å². The highest BCUT2D eigenvalue weighted by atomic mass is 32.2. The van der Waals surface area contributed by atoms with Gasteiger partial charge in [-0.15, -0.1) is 0 Å². The predicted octanol–water partition coefficient (Wildman–Crippen LogP) is 3.52. The minimum Gasteiger partial charge on any atom is -0.317 e. The lowest BCUT2D eigenvalue weighted by Gasteiger charge is -2.14. The number of sulfone groups is 1. The van der Waals surface area contributed by atoms with Gasteiger partial charge in [-0.25, -0.2) is 13.0 Å². The lowest BCUT2D eigenvalue weighted by Crippen LogP contribution is -2.42. The molecule has 0 saturated carbocycles. The first-order valence-corrected chi connectivity index (χ1v) is 12.7. The van der Waals surface area contributed by atoms with Crippen LogP contribution in [0.4, 0.5) is 5.82 Å². The molecule has 7 nitrogen and oxygen atoms in total. The lowest BCUT2D eigenvalue weighted by molar-refractivity contribution is -0.651. The fourth-order valence-electron chi connectivity index (χ4n) is 4.23. The average Bonchev–Trinajstić information content (AvgIpc) is 2.84. The molecule has 0 radical (unpaired) electrons. The third-order valence-corrected chi connectivity index (χ3v) is 8.18. The molecule has 5 rings (SSSR count). The summed E-state index contributed by atoms with van der Waals surface area (Å²) in [5.41, 5.74) is 10.6. The van der Waals surface area contributed by atoms with Crippen molar-refractivity contribution in [2.75, 3.05) is 5.73 Å². The van der Waals surface area contributed by atoms with Crippen LogP contribution in [0.15, 0.2) is 87.5 Å². The highest BCUT2D eigenvalue weighted by Gasteiger charge is 2.30. The van der Waals surface area contributed by atoms with Crippen molar-refractivity contribution in [2.45, 2.75) is 37.1 Å². The number of aromatic nitrogens is 3. The number of pyridine rings is 2. The van der Waals surface area contributed by atoms with Crippen LogP contribution in [0.5, 0.6) is 0 Å². The Morgan fingerprint density at radius 2 is 1.66 bits per heavy atom. The summed E-state index contributed by atoms with van der Waals surface area (Å²) in [6, 6.07) is 19.5. The molecule has 0 aliphatic heterocycles. The third kappa shape index (κ3) is 3.76. The molecule has 0 fully saturated rings. The molecule has 8 heteroatoms. The van der Waals surface area contributed by atoms with Crippen molar-refractivity contribution < 1.29 is 13.0 Å². The first kappa shape index (κ1) is 22.7. The van der Waals surface area contributed by atoms with E-state index in [4.69, 9.17) is 10.7 Å². The highest BCUT2D eigenvalue weighted by molar-refractivity contribution is 7.91. The fourth-order valence-corrected chi connectivity index (χ4v) is 5.73. The van der Waals surface area contributed by atoms with Crippen LogP contribution in [0.25, 0.3) is 16.7 Å². The molecule has 0 spiro atoms. The van der Waals surface area contributed by atoms with E-state index < -0.39 is 9.84 Å². The number of benzene rings is 2. The summed E-state index contributed by atoms with van der Waals surface area (Å²) in [4.78, 5) is 18.3. The lowest BCUT2D eigenvalue weighted by atomic mass is 10.1. The molecule has 3 heterocycles. The second-order valence-corrected chi connectivity index (χ2v) is 10.7. The molecule has 0 bridgehead atoms. The van der Waals surface area contributed by atoms with Gasteiger partial charge in [0.25, 0.3) is 11.2 Å². The molecule has 0 aliphatic rings. The predicted molar refractivity (Wildman–Crippen MR) is 135 cm³/mol. The number of rotatable bonds is 4. The number of aryl methyl sites for hydroxylation is 3. The van der Waals surface area contributed by atoms with Gasteiger partial charge in [0.15, 0.2) is 0 Å². The van der Waals surface area contributed by atoms with Crippen molar-refractivity contribution in [1.29, 1.82) is 0 Å². The van der Waals surface area contributed by atoms with Gasteiger partial charge in [-0.3, -0.25) is 9.20 Å². The molecular weight excluding hydrogens is 460 g/mol. The summed E-state index contributed by atoms with van der Waals surface area (Å²) in [5, 5.41) is 0.181. The second kappa shape index (κ2) is 8.32. The Kier molecular flexibility index (Phi) is 5.40. The van der Waals surface area contributed by atoms with E-state index in [1.165, 1.54) is 10.5 Å². The van der Waals surface area contributed by atoms with Crippen LogP contribution in [-0.4, -0.2) is 17.8 Å². The first-order valence-electron chi connectivity index (χ1n) is 11.2. The summed E-state index contributed by atoms with van der Waals surface area (Å²) in [6.07, 6.45) is 1.63. The van der Waals surface area contributed by atoms with E-state index in [-0.39, 0.29) is 33.1 Å². The van der Waals surface area contributed by atoms with Crippen molar-refractivity contribution in [3.05, 3.63) is 106 Å². The Morgan fingerprint density at radius 1 is 0.914 bits per heavy atom. The average molecular weight is 486 g/mol. The van der Waals surface area contributed by atoms with Crippen LogP contribution >= 0.6 is 0 Å². The first-order chi connectivity index (χ1) is 16.7. The zero-order valence-electron chi connectivity index (χ0n) is 19.7. The van der Waals surface area contributed by atoms with Crippen molar-refractivity contribution in [3.63, 3.8) is 0 Å². The number of fused-ring (bicyclic) bond motifs is 2. The Balaban J connectivity index is 1.88. The number of anilines is 1. The van der Waals surface area contributed by atoms with Gasteiger partial charge in [-0.1, -0.05) is 47.4 Å². The molecular formula is C27H25N4O3S+. The topological polar surface area (TPSA) is 98.4 Å². The Bertz CT molecular complexity index is 1790. The monoisotopic (exact) mass is 485 g/mol. The van der Waals surface area contributed by atoms with E-state index in [1.54, 1.807) is 35.0 Å². The van der Waals surface area contributed by atoms with Gasteiger partial charge in [-0.05, 0) is 61.7 Å². The summed E-state index contributed by atoms with van der Waals surface area (Å²) in [5.74, 6) is 0.0319. The van der Waals surface area contributed by atoms with Crippen LogP contribution in [0.2, 0.25) is 0 Å². The van der Waals surface area contributed by atoms with Gasteiger partial charge in [0, 0.05) is 11.8 Å². The summed E-state index contributed by atoms with van der Waals surface area (Å²) in [7, 11) is -4.02. The summed E-state index contributed by atoms with van der Waals surface area (Å²) in [6.45, 7) is 5.91. The molecule has 5 aromatic rings. The van der Waals surface area contributed by atoms with Crippen molar-refractivity contribution in [3.8, 4) is 0 Å². The number of nitrogen functional groups attached to an aromatic ring is 1. The smallest absolute Gasteiger partial charge is 0.278 e. The number of hydrogen-bond acceptors (Lipinski definition) is 5. The quantitative estimate of drug-likeness (QED) is 0.310. The van der Waals surface area contributed by atoms with Crippen molar-refractivity contribution >= 4 is 32.3 Å². The van der Waals surface area contributed by atoms with Crippen LogP contribution in [-0.2, 0) is 16.4 Å². The number of hydrogen-bond donors (Lipinski definition) is 1. The minimum absolute atomic E-state index is 0.0319. The van der Waals surface area contributed by atoms with Crippen molar-refractivity contribution in [2.24, 2.45) is 0 Å². The molecule has 2 aromatic carbocycles. The van der Waals surface area contributed by atoms with Gasteiger partial charge in [0.1, 0.15) is 10.3 Å². The summed E-state index contributed by atoms with van der Waals surface area (Å²) < 4.78 is 30.6. The van der Waals surface area contributed by atoms with Gasteiger partial charge in [0.05, 0.1) is 11.4 Å². The maximum atomic E-state index is 13.8. The number of nitrogens with two attached hydrogens (primary N) is 1. The maximum Gasteiger partial charge on any atom is 0.278 e. The van der Waals surface area contributed by atoms with Crippen LogP contribution in [0.3, 0.4) is 0 Å². The third-order valence-electron chi connectivity index (χ3n) is 6.40. The van der Waals surface area contributed by atoms with E-state index in [2.05, 4.69) is 0 Å². The minimum atomic E-state index is -4.02. The summed E-state index contributed by atoms with van der Waals surface area (Å²) >= 11 is 0. The molecule has 0 unspecified atom stereocenters. The zero-order valence-corrected chi connectivity index (χ0v) is 20.5. The maximum absolute atomic E-state index is 13.8.